The highest BCUT2D eigenvalue weighted by Crippen LogP contribution is 2.34. The maximum Gasteiger partial charge on any atom is 0.131 e. The van der Waals surface area contributed by atoms with Gasteiger partial charge in [0.15, 0.2) is 0 Å². The molecule has 78 valence electrons. The Morgan fingerprint density at radius 3 is 2.80 bits per heavy atom. The molecule has 1 saturated carbocycles. The van der Waals surface area contributed by atoms with E-state index >= 15 is 0 Å². The van der Waals surface area contributed by atoms with Crippen LogP contribution in [-0.2, 0) is 0 Å². The zero-order valence-electron chi connectivity index (χ0n) is 8.24. The molecule has 0 aliphatic heterocycles. The monoisotopic (exact) mass is 238 g/mol. The summed E-state index contributed by atoms with van der Waals surface area (Å²) in [6.45, 7) is 0. The van der Waals surface area contributed by atoms with Crippen molar-refractivity contribution in [1.29, 1.82) is 5.26 Å². The van der Waals surface area contributed by atoms with Crippen molar-refractivity contribution in [3.8, 4) is 6.07 Å². The van der Waals surface area contributed by atoms with Crippen LogP contribution in [0.1, 0.15) is 31.2 Å². The molecule has 2 rings (SSSR count). The van der Waals surface area contributed by atoms with Crippen molar-refractivity contribution in [2.24, 2.45) is 0 Å². The predicted molar refractivity (Wildman–Crippen MR) is 62.1 cm³/mol. The van der Waals surface area contributed by atoms with Gasteiger partial charge in [0.1, 0.15) is 5.15 Å². The quantitative estimate of drug-likeness (QED) is 0.738. The minimum absolute atomic E-state index is 0.412. The number of nitrogens with zero attached hydrogens (tertiary/aromatic N) is 2. The first-order chi connectivity index (χ1) is 7.28. The van der Waals surface area contributed by atoms with E-state index in [2.05, 4.69) is 11.1 Å². The van der Waals surface area contributed by atoms with Crippen LogP contribution in [0.2, 0.25) is 5.15 Å². The van der Waals surface area contributed by atoms with Gasteiger partial charge < -0.3 is 0 Å². The Morgan fingerprint density at radius 2 is 2.13 bits per heavy atom. The summed E-state index contributed by atoms with van der Waals surface area (Å²) in [6, 6.07) is 5.51. The number of thioether (sulfide) groups is 1. The molecule has 0 atom stereocenters. The van der Waals surface area contributed by atoms with Crippen LogP contribution in [0.3, 0.4) is 0 Å². The average molecular weight is 239 g/mol. The Kier molecular flexibility index (Phi) is 3.50. The molecule has 1 aromatic rings. The third-order valence-corrected chi connectivity index (χ3v) is 3.94. The Bertz CT molecular complexity index is 394. The van der Waals surface area contributed by atoms with Crippen molar-refractivity contribution in [1.82, 2.24) is 4.98 Å². The Labute approximate surface area is 98.7 Å². The van der Waals surface area contributed by atoms with Gasteiger partial charge in [0.25, 0.3) is 0 Å². The molecule has 2 nitrogen and oxygen atoms in total. The average Bonchev–Trinajstić information content (AvgIpc) is 2.69. The van der Waals surface area contributed by atoms with Crippen LogP contribution >= 0.6 is 23.4 Å². The van der Waals surface area contributed by atoms with E-state index in [1.165, 1.54) is 25.7 Å². The second-order valence-electron chi connectivity index (χ2n) is 3.65. The summed E-state index contributed by atoms with van der Waals surface area (Å²) in [5.74, 6) is 0. The number of hydrogen-bond acceptors (Lipinski definition) is 3. The molecule has 0 aromatic carbocycles. The highest BCUT2D eigenvalue weighted by atomic mass is 35.5. The molecule has 1 aliphatic carbocycles. The minimum Gasteiger partial charge on any atom is -0.230 e. The summed E-state index contributed by atoms with van der Waals surface area (Å²) < 4.78 is 0. The molecule has 0 amide bonds. The number of rotatable bonds is 2. The van der Waals surface area contributed by atoms with Crippen LogP contribution in [0.25, 0.3) is 0 Å². The topological polar surface area (TPSA) is 36.7 Å². The summed E-state index contributed by atoms with van der Waals surface area (Å²) in [5, 5.41) is 10.7. The van der Waals surface area contributed by atoms with Gasteiger partial charge in [0.2, 0.25) is 0 Å². The number of hydrogen-bond donors (Lipinski definition) is 0. The summed E-state index contributed by atoms with van der Waals surface area (Å²) in [7, 11) is 0. The summed E-state index contributed by atoms with van der Waals surface area (Å²) in [4.78, 5) is 4.22. The summed E-state index contributed by atoms with van der Waals surface area (Å²) in [5.41, 5.74) is 0.593. The lowest BCUT2D eigenvalue weighted by Gasteiger charge is -2.07. The molecule has 0 N–H and O–H groups in total. The predicted octanol–water partition coefficient (Wildman–Crippen LogP) is 3.64. The molecular weight excluding hydrogens is 228 g/mol. The van der Waals surface area contributed by atoms with Crippen LogP contribution < -0.4 is 0 Å². The molecule has 0 unspecified atom stereocenters. The van der Waals surface area contributed by atoms with E-state index in [1.54, 1.807) is 17.8 Å². The van der Waals surface area contributed by atoms with Gasteiger partial charge in [-0.1, -0.05) is 24.4 Å². The van der Waals surface area contributed by atoms with Crippen molar-refractivity contribution in [3.05, 3.63) is 22.8 Å². The lowest BCUT2D eigenvalue weighted by Crippen LogP contribution is -1.95. The number of halogens is 1. The molecule has 0 radical (unpaired) electrons. The lowest BCUT2D eigenvalue weighted by molar-refractivity contribution is 0.886. The third kappa shape index (κ3) is 2.87. The maximum absolute atomic E-state index is 8.80. The lowest BCUT2D eigenvalue weighted by atomic mass is 10.3. The van der Waals surface area contributed by atoms with E-state index in [4.69, 9.17) is 16.9 Å². The zero-order valence-corrected chi connectivity index (χ0v) is 9.81. The fraction of sp³-hybridized carbons (Fsp3) is 0.455. The largest absolute Gasteiger partial charge is 0.230 e. The first-order valence-corrected chi connectivity index (χ1v) is 6.28. The van der Waals surface area contributed by atoms with E-state index in [0.29, 0.717) is 16.0 Å². The fourth-order valence-electron chi connectivity index (χ4n) is 1.77. The van der Waals surface area contributed by atoms with Crippen molar-refractivity contribution >= 4 is 23.4 Å². The van der Waals surface area contributed by atoms with Gasteiger partial charge in [-0.25, -0.2) is 4.98 Å². The van der Waals surface area contributed by atoms with Gasteiger partial charge in [-0.3, -0.25) is 0 Å². The smallest absolute Gasteiger partial charge is 0.131 e. The molecule has 0 spiro atoms. The van der Waals surface area contributed by atoms with Gasteiger partial charge in [0, 0.05) is 5.25 Å². The van der Waals surface area contributed by atoms with E-state index in [1.807, 2.05) is 6.07 Å². The second kappa shape index (κ2) is 4.87. The van der Waals surface area contributed by atoms with Crippen molar-refractivity contribution in [2.75, 3.05) is 0 Å². The summed E-state index contributed by atoms with van der Waals surface area (Å²) >= 11 is 7.59. The first kappa shape index (κ1) is 10.8. The van der Waals surface area contributed by atoms with Crippen LogP contribution in [0, 0.1) is 11.3 Å². The van der Waals surface area contributed by atoms with Crippen LogP contribution in [0.15, 0.2) is 17.2 Å². The molecule has 1 aliphatic rings. The molecule has 4 heteroatoms. The molecular formula is C11H11ClN2S. The van der Waals surface area contributed by atoms with Crippen LogP contribution in [-0.4, -0.2) is 10.2 Å². The van der Waals surface area contributed by atoms with Gasteiger partial charge in [-0.15, -0.1) is 11.8 Å². The minimum atomic E-state index is 0.412. The van der Waals surface area contributed by atoms with Crippen molar-refractivity contribution < 1.29 is 0 Å². The van der Waals surface area contributed by atoms with Crippen LogP contribution in [0.4, 0.5) is 0 Å². The third-order valence-electron chi connectivity index (χ3n) is 2.49. The maximum atomic E-state index is 8.80. The SMILES string of the molecule is N#Cc1cc(Cl)nc(SC2CCCC2)c1. The molecule has 1 aromatic heterocycles. The normalized spacial score (nSPS) is 16.5. The first-order valence-electron chi connectivity index (χ1n) is 5.02. The Morgan fingerprint density at radius 1 is 1.40 bits per heavy atom. The fourth-order valence-corrected chi connectivity index (χ4v) is 3.29. The zero-order chi connectivity index (χ0) is 10.7. The molecule has 1 heterocycles. The van der Waals surface area contributed by atoms with E-state index < -0.39 is 0 Å². The Hall–Kier alpha value is -0.720. The molecule has 0 saturated heterocycles. The van der Waals surface area contributed by atoms with E-state index in [-0.39, 0.29) is 0 Å². The van der Waals surface area contributed by atoms with Gasteiger partial charge in [-0.05, 0) is 25.0 Å². The number of nitriles is 1. The van der Waals surface area contributed by atoms with E-state index in [0.717, 1.165) is 5.03 Å². The summed E-state index contributed by atoms with van der Waals surface area (Å²) in [6.07, 6.45) is 5.12. The molecule has 0 bridgehead atoms. The van der Waals surface area contributed by atoms with Gasteiger partial charge in [0.05, 0.1) is 16.7 Å². The Balaban J connectivity index is 2.13. The van der Waals surface area contributed by atoms with Crippen molar-refractivity contribution in [2.45, 2.75) is 36.0 Å². The standard InChI is InChI=1S/C11H11ClN2S/c12-10-5-8(7-13)6-11(14-10)15-9-3-1-2-4-9/h5-6,9H,1-4H2. The van der Waals surface area contributed by atoms with Gasteiger partial charge >= 0.3 is 0 Å². The molecule has 1 fully saturated rings. The number of aromatic nitrogens is 1. The van der Waals surface area contributed by atoms with Crippen molar-refractivity contribution in [3.63, 3.8) is 0 Å². The molecule has 15 heavy (non-hydrogen) atoms. The van der Waals surface area contributed by atoms with Crippen LogP contribution in [0.5, 0.6) is 0 Å². The highest BCUT2D eigenvalue weighted by molar-refractivity contribution is 7.99. The second-order valence-corrected chi connectivity index (χ2v) is 5.36. The highest BCUT2D eigenvalue weighted by Gasteiger charge is 2.17. The number of pyridine rings is 1. The van der Waals surface area contributed by atoms with E-state index in [9.17, 15) is 0 Å². The van der Waals surface area contributed by atoms with Gasteiger partial charge in [-0.2, -0.15) is 5.26 Å².